The molecule has 0 bridgehead atoms. The van der Waals surface area contributed by atoms with E-state index in [1.165, 1.54) is 12.1 Å². The van der Waals surface area contributed by atoms with Crippen LogP contribution < -0.4 is 10.6 Å². The van der Waals surface area contributed by atoms with Crippen LogP contribution in [0.25, 0.3) is 0 Å². The second-order valence-corrected chi connectivity index (χ2v) is 6.46. The molecular formula is C18H15FN4O2S. The van der Waals surface area contributed by atoms with Crippen molar-refractivity contribution in [3.63, 3.8) is 0 Å². The Kier molecular flexibility index (Phi) is 5.65. The Hall–Kier alpha value is -3.13. The van der Waals surface area contributed by atoms with Crippen molar-refractivity contribution in [3.05, 3.63) is 76.0 Å². The summed E-state index contributed by atoms with van der Waals surface area (Å²) >= 11 is 1.11. The van der Waals surface area contributed by atoms with Crippen molar-refractivity contribution in [2.75, 3.05) is 5.32 Å². The maximum atomic E-state index is 12.9. The second-order valence-electron chi connectivity index (χ2n) is 5.40. The molecule has 0 saturated heterocycles. The molecule has 8 heteroatoms. The Morgan fingerprint density at radius 1 is 1.00 bits per heavy atom. The van der Waals surface area contributed by atoms with Crippen LogP contribution in [0.1, 0.15) is 20.4 Å². The molecule has 6 nitrogen and oxygen atoms in total. The van der Waals surface area contributed by atoms with Gasteiger partial charge in [0.15, 0.2) is 0 Å². The van der Waals surface area contributed by atoms with Crippen LogP contribution in [0, 0.1) is 5.82 Å². The lowest BCUT2D eigenvalue weighted by Gasteiger charge is -2.03. The van der Waals surface area contributed by atoms with E-state index in [-0.39, 0.29) is 35.6 Å². The molecular weight excluding hydrogens is 355 g/mol. The molecule has 0 aliphatic carbocycles. The summed E-state index contributed by atoms with van der Waals surface area (Å²) < 4.78 is 12.9. The van der Waals surface area contributed by atoms with Gasteiger partial charge in [-0.15, -0.1) is 10.2 Å². The Morgan fingerprint density at radius 3 is 2.46 bits per heavy atom. The Morgan fingerprint density at radius 2 is 1.73 bits per heavy atom. The van der Waals surface area contributed by atoms with Crippen molar-refractivity contribution in [2.24, 2.45) is 0 Å². The summed E-state index contributed by atoms with van der Waals surface area (Å²) in [5, 5.41) is 13.9. The van der Waals surface area contributed by atoms with Crippen LogP contribution in [0.15, 0.2) is 54.6 Å². The van der Waals surface area contributed by atoms with Gasteiger partial charge >= 0.3 is 0 Å². The van der Waals surface area contributed by atoms with E-state index in [1.54, 1.807) is 24.3 Å². The minimum absolute atomic E-state index is 0.139. The first kappa shape index (κ1) is 17.7. The zero-order valence-corrected chi connectivity index (χ0v) is 14.4. The molecule has 0 fully saturated rings. The molecule has 0 aliphatic heterocycles. The molecule has 0 aliphatic rings. The summed E-state index contributed by atoms with van der Waals surface area (Å²) in [6.45, 7) is 0.177. The lowest BCUT2D eigenvalue weighted by molar-refractivity contribution is -0.120. The summed E-state index contributed by atoms with van der Waals surface area (Å²) in [4.78, 5) is 24.0. The van der Waals surface area contributed by atoms with Crippen LogP contribution in [0.2, 0.25) is 0 Å². The highest BCUT2D eigenvalue weighted by Gasteiger charge is 2.13. The van der Waals surface area contributed by atoms with E-state index in [9.17, 15) is 14.0 Å². The summed E-state index contributed by atoms with van der Waals surface area (Å²) in [6, 6.07) is 14.8. The minimum atomic E-state index is -0.349. The number of nitrogens with zero attached hydrogens (tertiary/aromatic N) is 2. The Labute approximate surface area is 153 Å². The summed E-state index contributed by atoms with van der Waals surface area (Å²) in [6.07, 6.45) is 0.139. The second kappa shape index (κ2) is 8.30. The number of hydrogen-bond acceptors (Lipinski definition) is 5. The highest BCUT2D eigenvalue weighted by molar-refractivity contribution is 7.13. The monoisotopic (exact) mass is 370 g/mol. The smallest absolute Gasteiger partial charge is 0.286 e. The maximum Gasteiger partial charge on any atom is 0.286 e. The van der Waals surface area contributed by atoms with Crippen molar-refractivity contribution in [1.82, 2.24) is 15.5 Å². The third-order valence-electron chi connectivity index (χ3n) is 3.41. The fraction of sp³-hybridized carbons (Fsp3) is 0.111. The Balaban J connectivity index is 1.51. The standard InChI is InChI=1S/C18H15FN4O2S/c19-13-8-6-12(7-9-13)10-15(24)20-11-16-22-23-18(26-16)17(25)21-14-4-2-1-3-5-14/h1-9H,10-11H2,(H,20,24)(H,21,25). The maximum absolute atomic E-state index is 12.9. The van der Waals surface area contributed by atoms with E-state index in [0.29, 0.717) is 16.3 Å². The molecule has 0 atom stereocenters. The average molecular weight is 370 g/mol. The van der Waals surface area contributed by atoms with Gasteiger partial charge in [-0.3, -0.25) is 9.59 Å². The third kappa shape index (κ3) is 4.93. The van der Waals surface area contributed by atoms with Gasteiger partial charge in [0.05, 0.1) is 13.0 Å². The number of amides is 2. The quantitative estimate of drug-likeness (QED) is 0.699. The molecule has 0 spiro atoms. The van der Waals surface area contributed by atoms with Crippen molar-refractivity contribution >= 4 is 28.8 Å². The zero-order chi connectivity index (χ0) is 18.4. The summed E-state index contributed by atoms with van der Waals surface area (Å²) in [5.41, 5.74) is 1.38. The predicted octanol–water partition coefficient (Wildman–Crippen LogP) is 2.79. The predicted molar refractivity (Wildman–Crippen MR) is 96.3 cm³/mol. The number of halogens is 1. The topological polar surface area (TPSA) is 84.0 Å². The fourth-order valence-electron chi connectivity index (χ4n) is 2.15. The first-order valence-electron chi connectivity index (χ1n) is 7.80. The van der Waals surface area contributed by atoms with Crippen LogP contribution in [-0.2, 0) is 17.8 Å². The third-order valence-corrected chi connectivity index (χ3v) is 4.33. The van der Waals surface area contributed by atoms with E-state index < -0.39 is 0 Å². The van der Waals surface area contributed by atoms with Gasteiger partial charge in [-0.2, -0.15) is 0 Å². The first-order valence-corrected chi connectivity index (χ1v) is 8.62. The lowest BCUT2D eigenvalue weighted by Crippen LogP contribution is -2.24. The molecule has 2 amide bonds. The number of para-hydroxylation sites is 1. The molecule has 2 aromatic carbocycles. The number of aromatic nitrogens is 2. The normalized spacial score (nSPS) is 10.3. The molecule has 0 saturated carbocycles. The first-order chi connectivity index (χ1) is 12.6. The van der Waals surface area contributed by atoms with Crippen molar-refractivity contribution < 1.29 is 14.0 Å². The molecule has 3 rings (SSSR count). The number of benzene rings is 2. The number of nitrogens with one attached hydrogen (secondary N) is 2. The van der Waals surface area contributed by atoms with Crippen LogP contribution >= 0.6 is 11.3 Å². The highest BCUT2D eigenvalue weighted by atomic mass is 32.1. The van der Waals surface area contributed by atoms with E-state index >= 15 is 0 Å². The number of carbonyl (C=O) groups excluding carboxylic acids is 2. The van der Waals surface area contributed by atoms with Gasteiger partial charge in [0.1, 0.15) is 10.8 Å². The van der Waals surface area contributed by atoms with Gasteiger partial charge < -0.3 is 10.6 Å². The average Bonchev–Trinajstić information content (AvgIpc) is 3.12. The molecule has 3 aromatic rings. The molecule has 0 unspecified atom stereocenters. The van der Waals surface area contributed by atoms with Crippen LogP contribution in [0.4, 0.5) is 10.1 Å². The largest absolute Gasteiger partial charge is 0.349 e. The van der Waals surface area contributed by atoms with Crippen molar-refractivity contribution in [2.45, 2.75) is 13.0 Å². The number of carbonyl (C=O) groups is 2. The molecule has 132 valence electrons. The molecule has 1 heterocycles. The van der Waals surface area contributed by atoms with E-state index in [2.05, 4.69) is 20.8 Å². The van der Waals surface area contributed by atoms with E-state index in [4.69, 9.17) is 0 Å². The van der Waals surface area contributed by atoms with E-state index in [0.717, 1.165) is 11.3 Å². The van der Waals surface area contributed by atoms with Crippen molar-refractivity contribution in [1.29, 1.82) is 0 Å². The van der Waals surface area contributed by atoms with Crippen LogP contribution in [0.3, 0.4) is 0 Å². The number of anilines is 1. The van der Waals surface area contributed by atoms with Gasteiger partial charge in [0, 0.05) is 5.69 Å². The molecule has 26 heavy (non-hydrogen) atoms. The van der Waals surface area contributed by atoms with Gasteiger partial charge in [-0.25, -0.2) is 4.39 Å². The van der Waals surface area contributed by atoms with Gasteiger partial charge in [-0.1, -0.05) is 41.7 Å². The van der Waals surface area contributed by atoms with E-state index in [1.807, 2.05) is 18.2 Å². The molecule has 2 N–H and O–H groups in total. The number of hydrogen-bond donors (Lipinski definition) is 2. The van der Waals surface area contributed by atoms with Gasteiger partial charge in [0.25, 0.3) is 5.91 Å². The minimum Gasteiger partial charge on any atom is -0.349 e. The van der Waals surface area contributed by atoms with Gasteiger partial charge in [0.2, 0.25) is 10.9 Å². The molecule has 0 radical (unpaired) electrons. The molecule has 1 aromatic heterocycles. The fourth-order valence-corrected chi connectivity index (χ4v) is 2.82. The highest BCUT2D eigenvalue weighted by Crippen LogP contribution is 2.13. The summed E-state index contributed by atoms with van der Waals surface area (Å²) in [7, 11) is 0. The number of rotatable bonds is 6. The van der Waals surface area contributed by atoms with Gasteiger partial charge in [-0.05, 0) is 29.8 Å². The Bertz CT molecular complexity index is 897. The SMILES string of the molecule is O=C(Cc1ccc(F)cc1)NCc1nnc(C(=O)Nc2ccccc2)s1. The summed E-state index contributed by atoms with van der Waals surface area (Å²) in [5.74, 6) is -0.913. The zero-order valence-electron chi connectivity index (χ0n) is 13.6. The van der Waals surface area contributed by atoms with Crippen LogP contribution in [0.5, 0.6) is 0 Å². The van der Waals surface area contributed by atoms with Crippen LogP contribution in [-0.4, -0.2) is 22.0 Å². The lowest BCUT2D eigenvalue weighted by atomic mass is 10.1. The van der Waals surface area contributed by atoms with Crippen molar-refractivity contribution in [3.8, 4) is 0 Å².